The third-order valence-electron chi connectivity index (χ3n) is 2.37. The van der Waals surface area contributed by atoms with E-state index in [1.165, 1.54) is 36.0 Å². The van der Waals surface area contributed by atoms with Gasteiger partial charge in [0.05, 0.1) is 11.4 Å². The summed E-state index contributed by atoms with van der Waals surface area (Å²) in [6.07, 6.45) is 3.67. The fraction of sp³-hybridized carbons (Fsp3) is 0.154. The van der Waals surface area contributed by atoms with Crippen molar-refractivity contribution in [2.24, 2.45) is 0 Å². The fourth-order valence-corrected chi connectivity index (χ4v) is 1.85. The number of benzene rings is 1. The van der Waals surface area contributed by atoms with Crippen molar-refractivity contribution in [1.82, 2.24) is 9.97 Å². The van der Waals surface area contributed by atoms with Crippen molar-refractivity contribution < 1.29 is 9.18 Å². The van der Waals surface area contributed by atoms with E-state index in [0.717, 1.165) is 5.03 Å². The molecule has 0 atom stereocenters. The monoisotopic (exact) mass is 262 g/mol. The number of carbonyl (C=O) groups is 1. The van der Waals surface area contributed by atoms with Gasteiger partial charge in [-0.3, -0.25) is 4.79 Å². The summed E-state index contributed by atoms with van der Waals surface area (Å²) in [5.41, 5.74) is 0.467. The Morgan fingerprint density at radius 2 is 2.00 bits per heavy atom. The van der Waals surface area contributed by atoms with Gasteiger partial charge in [-0.1, -0.05) is 0 Å². The molecule has 1 aromatic carbocycles. The van der Waals surface area contributed by atoms with Crippen LogP contribution < -0.4 is 0 Å². The van der Waals surface area contributed by atoms with Gasteiger partial charge in [-0.25, -0.2) is 14.4 Å². The van der Waals surface area contributed by atoms with Gasteiger partial charge in [0.25, 0.3) is 0 Å². The van der Waals surface area contributed by atoms with Crippen molar-refractivity contribution in [3.05, 3.63) is 53.7 Å². The van der Waals surface area contributed by atoms with E-state index in [9.17, 15) is 9.18 Å². The summed E-state index contributed by atoms with van der Waals surface area (Å²) >= 11 is 1.50. The van der Waals surface area contributed by atoms with Crippen LogP contribution in [0, 0.1) is 5.82 Å². The molecule has 1 aromatic heterocycles. The quantitative estimate of drug-likeness (QED) is 0.483. The van der Waals surface area contributed by atoms with E-state index in [4.69, 9.17) is 0 Å². The number of nitrogens with zero attached hydrogens (tertiary/aromatic N) is 2. The zero-order chi connectivity index (χ0) is 13.0. The van der Waals surface area contributed by atoms with Crippen LogP contribution in [0.2, 0.25) is 0 Å². The van der Waals surface area contributed by atoms with Gasteiger partial charge in [-0.15, -0.1) is 11.8 Å². The Morgan fingerprint density at radius 1 is 1.28 bits per heavy atom. The number of halogens is 1. The maximum absolute atomic E-state index is 12.7. The molecule has 0 bridgehead atoms. The van der Waals surface area contributed by atoms with Gasteiger partial charge in [0, 0.05) is 11.8 Å². The second-order valence-electron chi connectivity index (χ2n) is 3.62. The van der Waals surface area contributed by atoms with Crippen molar-refractivity contribution in [1.29, 1.82) is 0 Å². The molecule has 0 fully saturated rings. The zero-order valence-electron chi connectivity index (χ0n) is 9.76. The summed E-state index contributed by atoms with van der Waals surface area (Å²) in [6.45, 7) is 0. The zero-order valence-corrected chi connectivity index (χ0v) is 10.6. The lowest BCUT2D eigenvalue weighted by Crippen LogP contribution is -2.07. The first-order valence-corrected chi connectivity index (χ1v) is 6.56. The Morgan fingerprint density at radius 3 is 2.67 bits per heavy atom. The first-order valence-electron chi connectivity index (χ1n) is 5.33. The number of Topliss-reactive ketones (excluding diaryl/α,β-unsaturated/α-hetero) is 1. The van der Waals surface area contributed by atoms with E-state index in [1.807, 2.05) is 6.26 Å². The third-order valence-corrected chi connectivity index (χ3v) is 3.02. The van der Waals surface area contributed by atoms with Crippen LogP contribution in [0.25, 0.3) is 0 Å². The molecule has 0 aliphatic rings. The number of rotatable bonds is 4. The van der Waals surface area contributed by atoms with Crippen molar-refractivity contribution in [3.8, 4) is 0 Å². The number of hydrogen-bond acceptors (Lipinski definition) is 4. The molecular weight excluding hydrogens is 251 g/mol. The van der Waals surface area contributed by atoms with Crippen molar-refractivity contribution >= 4 is 17.5 Å². The predicted molar refractivity (Wildman–Crippen MR) is 68.2 cm³/mol. The second kappa shape index (κ2) is 5.73. The summed E-state index contributed by atoms with van der Waals surface area (Å²) < 4.78 is 12.7. The van der Waals surface area contributed by atoms with E-state index < -0.39 is 0 Å². The van der Waals surface area contributed by atoms with Gasteiger partial charge >= 0.3 is 0 Å². The van der Waals surface area contributed by atoms with Gasteiger partial charge in [0.15, 0.2) is 5.78 Å². The molecule has 2 aromatic rings. The lowest BCUT2D eigenvalue weighted by atomic mass is 10.1. The highest BCUT2D eigenvalue weighted by atomic mass is 32.2. The van der Waals surface area contributed by atoms with Crippen LogP contribution in [0.5, 0.6) is 0 Å². The minimum Gasteiger partial charge on any atom is -0.294 e. The van der Waals surface area contributed by atoms with E-state index in [-0.39, 0.29) is 18.0 Å². The van der Waals surface area contributed by atoms with Crippen LogP contribution in [0.4, 0.5) is 4.39 Å². The highest BCUT2D eigenvalue weighted by molar-refractivity contribution is 7.98. The molecule has 1 heterocycles. The highest BCUT2D eigenvalue weighted by Crippen LogP contribution is 2.11. The Labute approximate surface area is 108 Å². The minimum absolute atomic E-state index is 0.117. The number of hydrogen-bond donors (Lipinski definition) is 0. The molecule has 18 heavy (non-hydrogen) atoms. The van der Waals surface area contributed by atoms with Crippen LogP contribution in [0.15, 0.2) is 41.6 Å². The van der Waals surface area contributed by atoms with E-state index in [2.05, 4.69) is 9.97 Å². The Balaban J connectivity index is 2.13. The molecule has 5 heteroatoms. The number of ketones is 1. The lowest BCUT2D eigenvalue weighted by Gasteiger charge is -2.02. The summed E-state index contributed by atoms with van der Waals surface area (Å²) in [4.78, 5) is 20.2. The first kappa shape index (κ1) is 12.7. The third kappa shape index (κ3) is 3.13. The SMILES string of the molecule is CSc1ccnc(CC(=O)c2ccc(F)cc2)n1. The fourth-order valence-electron chi connectivity index (χ4n) is 1.46. The summed E-state index contributed by atoms with van der Waals surface area (Å²) in [5, 5.41) is 0.826. The molecule has 2 rings (SSSR count). The molecule has 0 aliphatic carbocycles. The molecule has 3 nitrogen and oxygen atoms in total. The highest BCUT2D eigenvalue weighted by Gasteiger charge is 2.09. The van der Waals surface area contributed by atoms with Crippen molar-refractivity contribution in [2.45, 2.75) is 11.4 Å². The Kier molecular flexibility index (Phi) is 4.04. The van der Waals surface area contributed by atoms with Crippen LogP contribution in [-0.4, -0.2) is 22.0 Å². The number of thioether (sulfide) groups is 1. The Bertz CT molecular complexity index is 557. The van der Waals surface area contributed by atoms with E-state index in [0.29, 0.717) is 11.4 Å². The van der Waals surface area contributed by atoms with Crippen molar-refractivity contribution in [3.63, 3.8) is 0 Å². The van der Waals surface area contributed by atoms with Crippen LogP contribution in [-0.2, 0) is 6.42 Å². The molecule has 0 saturated carbocycles. The van der Waals surface area contributed by atoms with E-state index >= 15 is 0 Å². The second-order valence-corrected chi connectivity index (χ2v) is 4.45. The first-order chi connectivity index (χ1) is 8.69. The van der Waals surface area contributed by atoms with Crippen LogP contribution in [0.3, 0.4) is 0 Å². The average molecular weight is 262 g/mol. The van der Waals surface area contributed by atoms with Gasteiger partial charge in [0.2, 0.25) is 0 Å². The molecular formula is C13H11FN2OS. The van der Waals surface area contributed by atoms with Crippen molar-refractivity contribution in [2.75, 3.05) is 6.26 Å². The summed E-state index contributed by atoms with van der Waals surface area (Å²) in [6, 6.07) is 7.27. The van der Waals surface area contributed by atoms with Gasteiger partial charge in [-0.2, -0.15) is 0 Å². The number of aromatic nitrogens is 2. The van der Waals surface area contributed by atoms with Gasteiger partial charge in [0.1, 0.15) is 11.6 Å². The maximum atomic E-state index is 12.7. The lowest BCUT2D eigenvalue weighted by molar-refractivity contribution is 0.0990. The van der Waals surface area contributed by atoms with E-state index in [1.54, 1.807) is 12.3 Å². The largest absolute Gasteiger partial charge is 0.294 e. The molecule has 0 saturated heterocycles. The smallest absolute Gasteiger partial charge is 0.170 e. The normalized spacial score (nSPS) is 10.3. The van der Waals surface area contributed by atoms with Crippen LogP contribution >= 0.6 is 11.8 Å². The molecule has 0 spiro atoms. The topological polar surface area (TPSA) is 42.9 Å². The molecule has 0 aliphatic heterocycles. The molecule has 92 valence electrons. The van der Waals surface area contributed by atoms with Crippen LogP contribution in [0.1, 0.15) is 16.2 Å². The molecule has 0 radical (unpaired) electrons. The standard InChI is InChI=1S/C13H11FN2OS/c1-18-13-6-7-15-12(16-13)8-11(17)9-2-4-10(14)5-3-9/h2-7H,8H2,1H3. The average Bonchev–Trinajstić information content (AvgIpc) is 2.39. The summed E-state index contributed by atoms with van der Waals surface area (Å²) in [7, 11) is 0. The maximum Gasteiger partial charge on any atom is 0.170 e. The molecule has 0 amide bonds. The van der Waals surface area contributed by atoms with Gasteiger partial charge in [-0.05, 0) is 36.6 Å². The number of carbonyl (C=O) groups excluding carboxylic acids is 1. The minimum atomic E-state index is -0.354. The van der Waals surface area contributed by atoms with Gasteiger partial charge < -0.3 is 0 Å². The predicted octanol–water partition coefficient (Wildman–Crippen LogP) is 2.76. The molecule has 0 N–H and O–H groups in total. The summed E-state index contributed by atoms with van der Waals surface area (Å²) in [5.74, 6) is 0.0107. The molecule has 0 unspecified atom stereocenters. The Hall–Kier alpha value is -1.75.